The zero-order valence-corrected chi connectivity index (χ0v) is 8.47. The summed E-state index contributed by atoms with van der Waals surface area (Å²) < 4.78 is 5.67. The second kappa shape index (κ2) is 4.83. The zero-order valence-electron chi connectivity index (χ0n) is 8.47. The van der Waals surface area contributed by atoms with Crippen LogP contribution in [0.15, 0.2) is 0 Å². The molecule has 1 saturated heterocycles. The molecular formula is C10H21NO. The van der Waals surface area contributed by atoms with E-state index in [0.29, 0.717) is 12.1 Å². The summed E-state index contributed by atoms with van der Waals surface area (Å²) in [6.07, 6.45) is 2.79. The first-order valence-electron chi connectivity index (χ1n) is 5.09. The first-order chi connectivity index (χ1) is 5.74. The Morgan fingerprint density at radius 3 is 2.75 bits per heavy atom. The van der Waals surface area contributed by atoms with Crippen LogP contribution in [0, 0.1) is 5.92 Å². The highest BCUT2D eigenvalue weighted by Crippen LogP contribution is 2.16. The molecule has 2 heteroatoms. The molecule has 0 bridgehead atoms. The molecule has 0 saturated carbocycles. The van der Waals surface area contributed by atoms with Crippen molar-refractivity contribution in [3.63, 3.8) is 0 Å². The van der Waals surface area contributed by atoms with Crippen molar-refractivity contribution in [1.82, 2.24) is 5.32 Å². The summed E-state index contributed by atoms with van der Waals surface area (Å²) in [5, 5.41) is 3.49. The van der Waals surface area contributed by atoms with Crippen LogP contribution in [-0.4, -0.2) is 25.3 Å². The Morgan fingerprint density at radius 1 is 1.50 bits per heavy atom. The van der Waals surface area contributed by atoms with E-state index < -0.39 is 0 Å². The van der Waals surface area contributed by atoms with E-state index in [4.69, 9.17) is 4.74 Å². The molecule has 0 aliphatic carbocycles. The standard InChI is InChI=1S/C10H21NO/c1-4-5-12-9-6-10(8(2)3)11-7-9/h8-11H,4-7H2,1-3H3/t9-,10+/m0/s1. The number of nitrogens with one attached hydrogen (secondary N) is 1. The normalized spacial score (nSPS) is 30.0. The van der Waals surface area contributed by atoms with Gasteiger partial charge in [-0.05, 0) is 18.8 Å². The Kier molecular flexibility index (Phi) is 4.02. The van der Waals surface area contributed by atoms with Gasteiger partial charge >= 0.3 is 0 Å². The van der Waals surface area contributed by atoms with E-state index in [1.165, 1.54) is 6.42 Å². The number of hydrogen-bond acceptors (Lipinski definition) is 2. The van der Waals surface area contributed by atoms with E-state index in [0.717, 1.165) is 25.5 Å². The lowest BCUT2D eigenvalue weighted by Crippen LogP contribution is -2.26. The highest BCUT2D eigenvalue weighted by atomic mass is 16.5. The fourth-order valence-corrected chi connectivity index (χ4v) is 1.65. The highest BCUT2D eigenvalue weighted by Gasteiger charge is 2.26. The van der Waals surface area contributed by atoms with Gasteiger partial charge in [-0.2, -0.15) is 0 Å². The highest BCUT2D eigenvalue weighted by molar-refractivity contribution is 4.84. The molecule has 12 heavy (non-hydrogen) atoms. The summed E-state index contributed by atoms with van der Waals surface area (Å²) in [7, 11) is 0. The van der Waals surface area contributed by atoms with Crippen molar-refractivity contribution in [2.75, 3.05) is 13.2 Å². The van der Waals surface area contributed by atoms with Gasteiger partial charge in [0.25, 0.3) is 0 Å². The molecule has 1 fully saturated rings. The predicted octanol–water partition coefficient (Wildman–Crippen LogP) is 1.80. The van der Waals surface area contributed by atoms with E-state index in [-0.39, 0.29) is 0 Å². The third kappa shape index (κ3) is 2.76. The number of hydrogen-bond donors (Lipinski definition) is 1. The maximum Gasteiger partial charge on any atom is 0.0714 e. The molecule has 0 aromatic carbocycles. The van der Waals surface area contributed by atoms with E-state index >= 15 is 0 Å². The lowest BCUT2D eigenvalue weighted by atomic mass is 10.0. The first-order valence-corrected chi connectivity index (χ1v) is 5.09. The minimum Gasteiger partial charge on any atom is -0.377 e. The summed E-state index contributed by atoms with van der Waals surface area (Å²) in [5.74, 6) is 0.736. The van der Waals surface area contributed by atoms with Gasteiger partial charge in [-0.25, -0.2) is 0 Å². The summed E-state index contributed by atoms with van der Waals surface area (Å²) in [5.41, 5.74) is 0. The average Bonchev–Trinajstić information content (AvgIpc) is 2.48. The topological polar surface area (TPSA) is 21.3 Å². The largest absolute Gasteiger partial charge is 0.377 e. The molecule has 1 heterocycles. The van der Waals surface area contributed by atoms with E-state index in [1.807, 2.05) is 0 Å². The molecule has 0 unspecified atom stereocenters. The minimum atomic E-state index is 0.470. The monoisotopic (exact) mass is 171 g/mol. The Bertz CT molecular complexity index is 125. The van der Waals surface area contributed by atoms with Gasteiger partial charge in [0.2, 0.25) is 0 Å². The summed E-state index contributed by atoms with van der Waals surface area (Å²) in [6.45, 7) is 8.64. The van der Waals surface area contributed by atoms with Crippen molar-refractivity contribution in [3.8, 4) is 0 Å². The molecule has 1 aliphatic heterocycles. The van der Waals surface area contributed by atoms with Crippen LogP contribution in [0.3, 0.4) is 0 Å². The van der Waals surface area contributed by atoms with Crippen LogP contribution >= 0.6 is 0 Å². The lowest BCUT2D eigenvalue weighted by molar-refractivity contribution is 0.0649. The van der Waals surface area contributed by atoms with Gasteiger partial charge < -0.3 is 10.1 Å². The summed E-state index contributed by atoms with van der Waals surface area (Å²) >= 11 is 0. The summed E-state index contributed by atoms with van der Waals surface area (Å²) in [4.78, 5) is 0. The van der Waals surface area contributed by atoms with Crippen molar-refractivity contribution < 1.29 is 4.74 Å². The zero-order chi connectivity index (χ0) is 8.97. The Hall–Kier alpha value is -0.0800. The Labute approximate surface area is 75.7 Å². The lowest BCUT2D eigenvalue weighted by Gasteiger charge is -2.14. The molecule has 2 atom stereocenters. The Balaban J connectivity index is 2.17. The first kappa shape index (κ1) is 10.0. The SMILES string of the molecule is CCCO[C@@H]1CN[C@@H](C(C)C)C1. The smallest absolute Gasteiger partial charge is 0.0714 e. The molecule has 0 spiro atoms. The van der Waals surface area contributed by atoms with Gasteiger partial charge in [-0.15, -0.1) is 0 Å². The number of ether oxygens (including phenoxy) is 1. The van der Waals surface area contributed by atoms with Crippen molar-refractivity contribution in [3.05, 3.63) is 0 Å². The molecule has 0 aromatic heterocycles. The molecular weight excluding hydrogens is 150 g/mol. The number of rotatable bonds is 4. The second-order valence-electron chi connectivity index (χ2n) is 3.99. The molecule has 1 rings (SSSR count). The minimum absolute atomic E-state index is 0.470. The Morgan fingerprint density at radius 2 is 2.25 bits per heavy atom. The van der Waals surface area contributed by atoms with Gasteiger partial charge in [-0.3, -0.25) is 0 Å². The maximum absolute atomic E-state index is 5.67. The van der Waals surface area contributed by atoms with Crippen molar-refractivity contribution in [1.29, 1.82) is 0 Å². The van der Waals surface area contributed by atoms with Crippen LogP contribution in [0.4, 0.5) is 0 Å². The van der Waals surface area contributed by atoms with E-state index in [2.05, 4.69) is 26.1 Å². The fourth-order valence-electron chi connectivity index (χ4n) is 1.65. The van der Waals surface area contributed by atoms with E-state index in [9.17, 15) is 0 Å². The van der Waals surface area contributed by atoms with Crippen molar-refractivity contribution in [2.45, 2.75) is 45.8 Å². The maximum atomic E-state index is 5.67. The van der Waals surface area contributed by atoms with Crippen LogP contribution < -0.4 is 5.32 Å². The summed E-state index contributed by atoms with van der Waals surface area (Å²) in [6, 6.07) is 0.673. The third-order valence-electron chi connectivity index (χ3n) is 2.49. The van der Waals surface area contributed by atoms with E-state index in [1.54, 1.807) is 0 Å². The van der Waals surface area contributed by atoms with Gasteiger partial charge in [0.1, 0.15) is 0 Å². The second-order valence-corrected chi connectivity index (χ2v) is 3.99. The van der Waals surface area contributed by atoms with Crippen LogP contribution in [0.5, 0.6) is 0 Å². The van der Waals surface area contributed by atoms with Crippen molar-refractivity contribution in [2.24, 2.45) is 5.92 Å². The van der Waals surface area contributed by atoms with Crippen LogP contribution in [0.25, 0.3) is 0 Å². The molecule has 2 nitrogen and oxygen atoms in total. The molecule has 1 aliphatic rings. The van der Waals surface area contributed by atoms with Gasteiger partial charge in [0, 0.05) is 19.2 Å². The molecule has 0 radical (unpaired) electrons. The molecule has 0 aromatic rings. The van der Waals surface area contributed by atoms with Crippen LogP contribution in [-0.2, 0) is 4.74 Å². The molecule has 72 valence electrons. The van der Waals surface area contributed by atoms with Gasteiger partial charge in [-0.1, -0.05) is 20.8 Å². The molecule has 1 N–H and O–H groups in total. The quantitative estimate of drug-likeness (QED) is 0.696. The van der Waals surface area contributed by atoms with Gasteiger partial charge in [0.15, 0.2) is 0 Å². The van der Waals surface area contributed by atoms with Crippen LogP contribution in [0.1, 0.15) is 33.6 Å². The fraction of sp³-hybridized carbons (Fsp3) is 1.00. The predicted molar refractivity (Wildman–Crippen MR) is 51.3 cm³/mol. The molecule has 0 amide bonds. The average molecular weight is 171 g/mol. The third-order valence-corrected chi connectivity index (χ3v) is 2.49. The van der Waals surface area contributed by atoms with Crippen LogP contribution in [0.2, 0.25) is 0 Å². The van der Waals surface area contributed by atoms with Crippen molar-refractivity contribution >= 4 is 0 Å². The van der Waals surface area contributed by atoms with Gasteiger partial charge in [0.05, 0.1) is 6.10 Å².